The van der Waals surface area contributed by atoms with Crippen LogP contribution in [-0.4, -0.2) is 19.7 Å². The minimum Gasteiger partial charge on any atom is -0.496 e. The van der Waals surface area contributed by atoms with Crippen LogP contribution in [0.4, 0.5) is 0 Å². The fraction of sp³-hybridized carbons (Fsp3) is 0.556. The fourth-order valence-corrected chi connectivity index (χ4v) is 3.28. The highest BCUT2D eigenvalue weighted by atomic mass is 35.5. The monoisotopic (exact) mass is 307 g/mol. The van der Waals surface area contributed by atoms with Crippen LogP contribution < -0.4 is 10.1 Å². The van der Waals surface area contributed by atoms with Crippen LogP contribution >= 0.6 is 11.6 Å². The molecule has 0 spiro atoms. The normalized spacial score (nSPS) is 16.4. The molecule has 1 aliphatic rings. The SMILES string of the molecule is CCNC(CC1=CCCCC1)Cc1cc(Cl)ccc1OC. The standard InChI is InChI=1S/C18H26ClNO/c1-3-20-17(11-14-7-5-4-6-8-14)13-15-12-16(19)9-10-18(15)21-2/h7,9-10,12,17,20H,3-6,8,11,13H2,1-2H3. The number of rotatable bonds is 7. The molecule has 0 aliphatic heterocycles. The summed E-state index contributed by atoms with van der Waals surface area (Å²) in [6.07, 6.45) is 9.70. The first-order valence-electron chi connectivity index (χ1n) is 7.96. The van der Waals surface area contributed by atoms with E-state index in [1.165, 1.54) is 31.2 Å². The summed E-state index contributed by atoms with van der Waals surface area (Å²) in [5.74, 6) is 0.930. The van der Waals surface area contributed by atoms with E-state index < -0.39 is 0 Å². The smallest absolute Gasteiger partial charge is 0.122 e. The second-order valence-electron chi connectivity index (χ2n) is 5.73. The third kappa shape index (κ3) is 5.05. The van der Waals surface area contributed by atoms with Crippen LogP contribution in [0.1, 0.15) is 44.6 Å². The highest BCUT2D eigenvalue weighted by Gasteiger charge is 2.15. The Labute approximate surface area is 133 Å². The lowest BCUT2D eigenvalue weighted by atomic mass is 9.91. The summed E-state index contributed by atoms with van der Waals surface area (Å²) < 4.78 is 5.47. The van der Waals surface area contributed by atoms with Crippen LogP contribution in [0.3, 0.4) is 0 Å². The lowest BCUT2D eigenvalue weighted by molar-refractivity contribution is 0.404. The van der Waals surface area contributed by atoms with Crippen LogP contribution in [0, 0.1) is 0 Å². The topological polar surface area (TPSA) is 21.3 Å². The molecule has 0 bridgehead atoms. The molecule has 1 unspecified atom stereocenters. The van der Waals surface area contributed by atoms with Crippen molar-refractivity contribution in [2.45, 2.75) is 51.5 Å². The lowest BCUT2D eigenvalue weighted by Gasteiger charge is -2.22. The van der Waals surface area contributed by atoms with Gasteiger partial charge in [0, 0.05) is 11.1 Å². The first-order chi connectivity index (χ1) is 10.2. The van der Waals surface area contributed by atoms with Crippen molar-refractivity contribution in [3.63, 3.8) is 0 Å². The summed E-state index contributed by atoms with van der Waals surface area (Å²) in [4.78, 5) is 0. The number of nitrogens with one attached hydrogen (secondary N) is 1. The average molecular weight is 308 g/mol. The molecule has 0 heterocycles. The summed E-state index contributed by atoms with van der Waals surface area (Å²) in [5.41, 5.74) is 2.79. The van der Waals surface area contributed by atoms with Crippen molar-refractivity contribution in [2.75, 3.05) is 13.7 Å². The van der Waals surface area contributed by atoms with Crippen molar-refractivity contribution in [1.29, 1.82) is 0 Å². The number of hydrogen-bond acceptors (Lipinski definition) is 2. The van der Waals surface area contributed by atoms with Crippen LogP contribution in [0.5, 0.6) is 5.75 Å². The van der Waals surface area contributed by atoms with E-state index in [1.54, 1.807) is 12.7 Å². The number of benzene rings is 1. The lowest BCUT2D eigenvalue weighted by Crippen LogP contribution is -2.31. The van der Waals surface area contributed by atoms with Crippen LogP contribution in [0.2, 0.25) is 5.02 Å². The Morgan fingerprint density at radius 1 is 1.29 bits per heavy atom. The summed E-state index contributed by atoms with van der Waals surface area (Å²) in [6.45, 7) is 3.15. The molecule has 2 rings (SSSR count). The van der Waals surface area contributed by atoms with Gasteiger partial charge in [0.25, 0.3) is 0 Å². The van der Waals surface area contributed by atoms with Gasteiger partial charge < -0.3 is 10.1 Å². The van der Waals surface area contributed by atoms with Crippen molar-refractivity contribution in [1.82, 2.24) is 5.32 Å². The van der Waals surface area contributed by atoms with E-state index in [0.29, 0.717) is 6.04 Å². The van der Waals surface area contributed by atoms with Gasteiger partial charge in [-0.25, -0.2) is 0 Å². The Hall–Kier alpha value is -0.990. The molecule has 0 aromatic heterocycles. The molecule has 0 radical (unpaired) electrons. The zero-order valence-electron chi connectivity index (χ0n) is 13.1. The number of likely N-dealkylation sites (N-methyl/N-ethyl adjacent to an activating group) is 1. The van der Waals surface area contributed by atoms with Gasteiger partial charge >= 0.3 is 0 Å². The van der Waals surface area contributed by atoms with Gasteiger partial charge in [0.05, 0.1) is 7.11 Å². The molecule has 1 aromatic carbocycles. The molecule has 21 heavy (non-hydrogen) atoms. The highest BCUT2D eigenvalue weighted by molar-refractivity contribution is 6.30. The maximum Gasteiger partial charge on any atom is 0.122 e. The molecule has 1 N–H and O–H groups in total. The van der Waals surface area contributed by atoms with Gasteiger partial charge in [-0.05, 0) is 68.8 Å². The number of hydrogen-bond donors (Lipinski definition) is 1. The third-order valence-corrected chi connectivity index (χ3v) is 4.33. The fourth-order valence-electron chi connectivity index (χ4n) is 3.08. The van der Waals surface area contributed by atoms with Crippen LogP contribution in [0.15, 0.2) is 29.8 Å². The van der Waals surface area contributed by atoms with Crippen molar-refractivity contribution in [3.8, 4) is 5.75 Å². The van der Waals surface area contributed by atoms with E-state index >= 15 is 0 Å². The number of ether oxygens (including phenoxy) is 1. The zero-order valence-corrected chi connectivity index (χ0v) is 13.9. The zero-order chi connectivity index (χ0) is 15.1. The van der Waals surface area contributed by atoms with Gasteiger partial charge in [0.1, 0.15) is 5.75 Å². The molecule has 1 atom stereocenters. The van der Waals surface area contributed by atoms with Crippen molar-refractivity contribution in [2.24, 2.45) is 0 Å². The second kappa shape index (κ2) is 8.45. The van der Waals surface area contributed by atoms with Gasteiger partial charge in [0.2, 0.25) is 0 Å². The predicted molar refractivity (Wildman–Crippen MR) is 90.3 cm³/mol. The average Bonchev–Trinajstić information content (AvgIpc) is 2.49. The summed E-state index contributed by atoms with van der Waals surface area (Å²) in [5, 5.41) is 4.39. The van der Waals surface area contributed by atoms with Crippen molar-refractivity contribution < 1.29 is 4.74 Å². The molecule has 0 saturated heterocycles. The van der Waals surface area contributed by atoms with Gasteiger partial charge in [-0.15, -0.1) is 0 Å². The van der Waals surface area contributed by atoms with Gasteiger partial charge in [0.15, 0.2) is 0 Å². The maximum atomic E-state index is 6.14. The molecule has 1 aliphatic carbocycles. The van der Waals surface area contributed by atoms with E-state index in [1.807, 2.05) is 18.2 Å². The first kappa shape index (κ1) is 16.4. The summed E-state index contributed by atoms with van der Waals surface area (Å²) >= 11 is 6.14. The van der Waals surface area contributed by atoms with Crippen LogP contribution in [0.25, 0.3) is 0 Å². The molecular formula is C18H26ClNO. The van der Waals surface area contributed by atoms with Gasteiger partial charge in [-0.2, -0.15) is 0 Å². The summed E-state index contributed by atoms with van der Waals surface area (Å²) in [6, 6.07) is 6.32. The molecule has 2 nitrogen and oxygen atoms in total. The molecule has 0 amide bonds. The van der Waals surface area contributed by atoms with E-state index in [-0.39, 0.29) is 0 Å². The number of allylic oxidation sites excluding steroid dienone is 1. The molecular weight excluding hydrogens is 282 g/mol. The van der Waals surface area contributed by atoms with E-state index in [2.05, 4.69) is 18.3 Å². The van der Waals surface area contributed by atoms with Gasteiger partial charge in [-0.1, -0.05) is 30.2 Å². The first-order valence-corrected chi connectivity index (χ1v) is 8.34. The predicted octanol–water partition coefficient (Wildman–Crippen LogP) is 4.76. The number of methoxy groups -OCH3 is 1. The molecule has 116 valence electrons. The molecule has 0 saturated carbocycles. The van der Waals surface area contributed by atoms with E-state index in [4.69, 9.17) is 16.3 Å². The minimum atomic E-state index is 0.451. The highest BCUT2D eigenvalue weighted by Crippen LogP contribution is 2.27. The largest absolute Gasteiger partial charge is 0.496 e. The van der Waals surface area contributed by atoms with Crippen molar-refractivity contribution >= 4 is 11.6 Å². The Bertz CT molecular complexity index is 484. The van der Waals surface area contributed by atoms with Crippen molar-refractivity contribution in [3.05, 3.63) is 40.4 Å². The minimum absolute atomic E-state index is 0.451. The van der Waals surface area contributed by atoms with E-state index in [9.17, 15) is 0 Å². The number of halogens is 1. The Kier molecular flexibility index (Phi) is 6.59. The third-order valence-electron chi connectivity index (χ3n) is 4.10. The molecule has 1 aromatic rings. The van der Waals surface area contributed by atoms with Gasteiger partial charge in [-0.3, -0.25) is 0 Å². The molecule has 3 heteroatoms. The Morgan fingerprint density at radius 2 is 2.14 bits per heavy atom. The Balaban J connectivity index is 2.08. The van der Waals surface area contributed by atoms with Crippen LogP contribution in [-0.2, 0) is 6.42 Å². The maximum absolute atomic E-state index is 6.14. The summed E-state index contributed by atoms with van der Waals surface area (Å²) in [7, 11) is 1.72. The van der Waals surface area contributed by atoms with E-state index in [0.717, 1.165) is 30.2 Å². The quantitative estimate of drug-likeness (QED) is 0.733. The molecule has 0 fully saturated rings. The second-order valence-corrected chi connectivity index (χ2v) is 6.16. The Morgan fingerprint density at radius 3 is 2.81 bits per heavy atom.